The van der Waals surface area contributed by atoms with E-state index in [1.807, 2.05) is 30.3 Å². The fourth-order valence-corrected chi connectivity index (χ4v) is 1.25. The molecule has 0 fully saturated rings. The summed E-state index contributed by atoms with van der Waals surface area (Å²) >= 11 is 0. The highest BCUT2D eigenvalue weighted by Gasteiger charge is 2.10. The van der Waals surface area contributed by atoms with E-state index >= 15 is 0 Å². The van der Waals surface area contributed by atoms with Crippen LogP contribution < -0.4 is 5.48 Å². The number of hydrogen-bond donors (Lipinski definition) is 2. The van der Waals surface area contributed by atoms with Crippen LogP contribution in [-0.2, 0) is 11.4 Å². The van der Waals surface area contributed by atoms with Crippen LogP contribution in [0.3, 0.4) is 0 Å². The van der Waals surface area contributed by atoms with Crippen molar-refractivity contribution >= 4 is 5.91 Å². The van der Waals surface area contributed by atoms with Crippen molar-refractivity contribution in [3.63, 3.8) is 0 Å². The van der Waals surface area contributed by atoms with E-state index in [1.165, 1.54) is 0 Å². The minimum absolute atomic E-state index is 0.0653. The molecule has 88 valence electrons. The molecule has 2 aromatic rings. The van der Waals surface area contributed by atoms with Gasteiger partial charge >= 0.3 is 5.91 Å². The third kappa shape index (κ3) is 3.12. The molecule has 0 saturated heterocycles. The predicted octanol–water partition coefficient (Wildman–Crippen LogP) is 0.975. The van der Waals surface area contributed by atoms with Crippen LogP contribution in [0, 0.1) is 6.92 Å². The summed E-state index contributed by atoms with van der Waals surface area (Å²) in [5.74, 6) is 0.180. The molecule has 0 unspecified atom stereocenters. The molecule has 0 aliphatic rings. The number of amides is 1. The van der Waals surface area contributed by atoms with E-state index in [0.29, 0.717) is 12.4 Å². The summed E-state index contributed by atoms with van der Waals surface area (Å²) in [6, 6.07) is 9.53. The van der Waals surface area contributed by atoms with E-state index < -0.39 is 5.91 Å². The number of nitrogens with one attached hydrogen (secondary N) is 2. The van der Waals surface area contributed by atoms with Crippen molar-refractivity contribution in [2.75, 3.05) is 0 Å². The largest absolute Gasteiger partial charge is 0.314 e. The summed E-state index contributed by atoms with van der Waals surface area (Å²) in [4.78, 5) is 20.4. The molecule has 17 heavy (non-hydrogen) atoms. The van der Waals surface area contributed by atoms with E-state index in [-0.39, 0.29) is 5.82 Å². The number of rotatable bonds is 4. The van der Waals surface area contributed by atoms with Crippen molar-refractivity contribution < 1.29 is 9.63 Å². The van der Waals surface area contributed by atoms with E-state index in [1.54, 1.807) is 6.92 Å². The molecule has 0 radical (unpaired) electrons. The Kier molecular flexibility index (Phi) is 3.46. The second kappa shape index (κ2) is 5.22. The van der Waals surface area contributed by atoms with Crippen LogP contribution >= 0.6 is 0 Å². The second-order valence-corrected chi connectivity index (χ2v) is 3.45. The lowest BCUT2D eigenvalue weighted by molar-refractivity contribution is 0.0225. The van der Waals surface area contributed by atoms with E-state index in [0.717, 1.165) is 5.56 Å². The summed E-state index contributed by atoms with van der Waals surface area (Å²) in [6.45, 7) is 2.02. The number of hydrogen-bond acceptors (Lipinski definition) is 4. The van der Waals surface area contributed by atoms with Gasteiger partial charge in [0.25, 0.3) is 0 Å². The summed E-state index contributed by atoms with van der Waals surface area (Å²) in [6.07, 6.45) is 0. The van der Waals surface area contributed by atoms with Gasteiger partial charge in [-0.25, -0.2) is 10.5 Å². The smallest absolute Gasteiger partial charge is 0.269 e. The minimum Gasteiger partial charge on any atom is -0.269 e. The average Bonchev–Trinajstić information content (AvgIpc) is 2.77. The molecule has 1 amide bonds. The van der Waals surface area contributed by atoms with Crippen LogP contribution in [0.15, 0.2) is 30.3 Å². The highest BCUT2D eigenvalue weighted by molar-refractivity contribution is 5.89. The molecular formula is C11H12N4O2. The number of aryl methyl sites for hydroxylation is 1. The molecule has 1 aromatic heterocycles. The van der Waals surface area contributed by atoms with Gasteiger partial charge in [0.2, 0.25) is 5.82 Å². The van der Waals surface area contributed by atoms with Crippen LogP contribution in [0.1, 0.15) is 22.0 Å². The molecule has 0 aliphatic carbocycles. The van der Waals surface area contributed by atoms with Crippen LogP contribution in [0.25, 0.3) is 0 Å². The number of nitrogens with zero attached hydrogens (tertiary/aromatic N) is 2. The first-order valence-corrected chi connectivity index (χ1v) is 5.11. The lowest BCUT2D eigenvalue weighted by Crippen LogP contribution is -2.24. The fraction of sp³-hybridized carbons (Fsp3) is 0.182. The van der Waals surface area contributed by atoms with Crippen molar-refractivity contribution in [2.45, 2.75) is 13.5 Å². The first-order valence-electron chi connectivity index (χ1n) is 5.11. The highest BCUT2D eigenvalue weighted by atomic mass is 16.6. The quantitative estimate of drug-likeness (QED) is 0.770. The average molecular weight is 232 g/mol. The summed E-state index contributed by atoms with van der Waals surface area (Å²) < 4.78 is 0. The SMILES string of the molecule is Cc1nc(C(=O)NOCc2ccccc2)n[nH]1. The first kappa shape index (κ1) is 11.3. The third-order valence-electron chi connectivity index (χ3n) is 2.05. The van der Waals surface area contributed by atoms with Gasteiger partial charge in [0, 0.05) is 0 Å². The summed E-state index contributed by atoms with van der Waals surface area (Å²) in [7, 11) is 0. The van der Waals surface area contributed by atoms with Crippen molar-refractivity contribution in [3.05, 3.63) is 47.5 Å². The minimum atomic E-state index is -0.467. The van der Waals surface area contributed by atoms with E-state index in [2.05, 4.69) is 20.7 Å². The molecular weight excluding hydrogens is 220 g/mol. The molecule has 0 bridgehead atoms. The zero-order valence-corrected chi connectivity index (χ0v) is 9.30. The van der Waals surface area contributed by atoms with Gasteiger partial charge in [-0.2, -0.15) is 0 Å². The molecule has 2 N–H and O–H groups in total. The maximum atomic E-state index is 11.5. The van der Waals surface area contributed by atoms with E-state index in [9.17, 15) is 4.79 Å². The highest BCUT2D eigenvalue weighted by Crippen LogP contribution is 1.99. The molecule has 0 atom stereocenters. The van der Waals surface area contributed by atoms with Gasteiger partial charge in [-0.3, -0.25) is 14.7 Å². The van der Waals surface area contributed by atoms with Gasteiger partial charge in [-0.15, -0.1) is 5.10 Å². The lowest BCUT2D eigenvalue weighted by Gasteiger charge is -2.03. The zero-order valence-electron chi connectivity index (χ0n) is 9.30. The van der Waals surface area contributed by atoms with Gasteiger partial charge in [0.05, 0.1) is 6.61 Å². The van der Waals surface area contributed by atoms with Crippen LogP contribution in [0.2, 0.25) is 0 Å². The van der Waals surface area contributed by atoms with Crippen molar-refractivity contribution in [1.82, 2.24) is 20.7 Å². The second-order valence-electron chi connectivity index (χ2n) is 3.45. The Balaban J connectivity index is 1.81. The number of carbonyl (C=O) groups excluding carboxylic acids is 1. The lowest BCUT2D eigenvalue weighted by atomic mass is 10.2. The number of H-pyrrole nitrogens is 1. The fourth-order valence-electron chi connectivity index (χ4n) is 1.25. The number of aromatic amines is 1. The van der Waals surface area contributed by atoms with Crippen molar-refractivity contribution in [2.24, 2.45) is 0 Å². The molecule has 1 heterocycles. The molecule has 6 nitrogen and oxygen atoms in total. The number of hydroxylamine groups is 1. The third-order valence-corrected chi connectivity index (χ3v) is 2.05. The summed E-state index contributed by atoms with van der Waals surface area (Å²) in [5.41, 5.74) is 3.25. The van der Waals surface area contributed by atoms with Gasteiger partial charge < -0.3 is 0 Å². The first-order chi connectivity index (χ1) is 8.25. The van der Waals surface area contributed by atoms with Gasteiger partial charge in [-0.05, 0) is 12.5 Å². The Morgan fingerprint density at radius 1 is 1.41 bits per heavy atom. The van der Waals surface area contributed by atoms with Crippen LogP contribution in [0.5, 0.6) is 0 Å². The standard InChI is InChI=1S/C11H12N4O2/c1-8-12-10(14-13-8)11(16)15-17-7-9-5-3-2-4-6-9/h2-6H,7H2,1H3,(H,15,16)(H,12,13,14). The predicted molar refractivity (Wildman–Crippen MR) is 59.8 cm³/mol. The molecule has 0 spiro atoms. The molecule has 6 heteroatoms. The molecule has 1 aromatic carbocycles. The Hall–Kier alpha value is -2.21. The van der Waals surface area contributed by atoms with Crippen molar-refractivity contribution in [3.8, 4) is 0 Å². The van der Waals surface area contributed by atoms with E-state index in [4.69, 9.17) is 4.84 Å². The van der Waals surface area contributed by atoms with Gasteiger partial charge in [0.1, 0.15) is 5.82 Å². The van der Waals surface area contributed by atoms with Crippen LogP contribution in [0.4, 0.5) is 0 Å². The number of aromatic nitrogens is 3. The molecule has 0 aliphatic heterocycles. The van der Waals surface area contributed by atoms with Crippen molar-refractivity contribution in [1.29, 1.82) is 0 Å². The van der Waals surface area contributed by atoms with Gasteiger partial charge in [-0.1, -0.05) is 30.3 Å². The maximum absolute atomic E-state index is 11.5. The Morgan fingerprint density at radius 3 is 2.82 bits per heavy atom. The monoisotopic (exact) mass is 232 g/mol. The molecule has 0 saturated carbocycles. The maximum Gasteiger partial charge on any atom is 0.314 e. The normalized spacial score (nSPS) is 10.2. The molecule has 2 rings (SSSR count). The van der Waals surface area contributed by atoms with Gasteiger partial charge in [0.15, 0.2) is 0 Å². The summed E-state index contributed by atoms with van der Waals surface area (Å²) in [5, 5.41) is 6.29. The van der Waals surface area contributed by atoms with Crippen LogP contribution in [-0.4, -0.2) is 21.1 Å². The Morgan fingerprint density at radius 2 is 2.18 bits per heavy atom. The Bertz CT molecular complexity index is 495. The number of benzene rings is 1. The Labute approximate surface area is 98.0 Å². The topological polar surface area (TPSA) is 79.9 Å². The zero-order chi connectivity index (χ0) is 12.1. The number of carbonyl (C=O) groups is 1.